The predicted octanol–water partition coefficient (Wildman–Crippen LogP) is 3.79. The summed E-state index contributed by atoms with van der Waals surface area (Å²) in [6.45, 7) is 0. The largest absolute Gasteiger partial charge is 0.477 e. The van der Waals surface area contributed by atoms with E-state index in [2.05, 4.69) is 9.97 Å². The van der Waals surface area contributed by atoms with Crippen LogP contribution < -0.4 is 0 Å². The maximum Gasteiger partial charge on any atom is 0.354 e. The molecule has 3 rings (SSSR count). The first kappa shape index (κ1) is 13.8. The fraction of sp³-hybridized carbons (Fsp3) is 0.0714. The second-order valence-electron chi connectivity index (χ2n) is 4.09. The van der Waals surface area contributed by atoms with E-state index >= 15 is 0 Å². The number of carboxylic acid groups (broad SMARTS) is 1. The van der Waals surface area contributed by atoms with Crippen molar-refractivity contribution in [3.05, 3.63) is 53.5 Å². The Morgan fingerprint density at radius 2 is 2.33 bits per heavy atom. The number of hydrogen-bond acceptors (Lipinski definition) is 6. The monoisotopic (exact) mass is 318 g/mol. The highest BCUT2D eigenvalue weighted by Gasteiger charge is 2.09. The van der Waals surface area contributed by atoms with Crippen LogP contribution in [-0.4, -0.2) is 21.0 Å². The number of carboxylic acids is 1. The minimum Gasteiger partial charge on any atom is -0.477 e. The van der Waals surface area contributed by atoms with Gasteiger partial charge in [0.15, 0.2) is 10.8 Å². The number of hydrogen-bond donors (Lipinski definition) is 1. The van der Waals surface area contributed by atoms with E-state index in [1.165, 1.54) is 29.3 Å². The Hall–Kier alpha value is -2.12. The van der Waals surface area contributed by atoms with E-state index in [-0.39, 0.29) is 5.69 Å². The van der Waals surface area contributed by atoms with Crippen LogP contribution in [0.4, 0.5) is 0 Å². The summed E-state index contributed by atoms with van der Waals surface area (Å²) in [5.74, 6) is 0.403. The van der Waals surface area contributed by atoms with Gasteiger partial charge in [-0.3, -0.25) is 0 Å². The molecule has 0 aliphatic heterocycles. The zero-order chi connectivity index (χ0) is 14.7. The van der Waals surface area contributed by atoms with Crippen LogP contribution in [0, 0.1) is 0 Å². The van der Waals surface area contributed by atoms with Gasteiger partial charge in [-0.1, -0.05) is 0 Å². The second-order valence-corrected chi connectivity index (χ2v) is 6.00. The summed E-state index contributed by atoms with van der Waals surface area (Å²) in [5.41, 5.74) is 0.986. The van der Waals surface area contributed by atoms with Crippen molar-refractivity contribution in [3.8, 4) is 10.8 Å². The van der Waals surface area contributed by atoms with Crippen LogP contribution in [0.1, 0.15) is 16.2 Å². The van der Waals surface area contributed by atoms with Gasteiger partial charge in [0.25, 0.3) is 0 Å². The number of thiazole rings is 1. The fourth-order valence-electron chi connectivity index (χ4n) is 1.66. The first-order chi connectivity index (χ1) is 10.2. The van der Waals surface area contributed by atoms with Gasteiger partial charge in [-0.15, -0.1) is 23.1 Å². The summed E-state index contributed by atoms with van der Waals surface area (Å²) in [6.07, 6.45) is 3.12. The van der Waals surface area contributed by atoms with E-state index in [0.717, 1.165) is 21.4 Å². The molecule has 7 heteroatoms. The zero-order valence-corrected chi connectivity index (χ0v) is 12.4. The molecule has 0 aliphatic carbocycles. The number of furan rings is 1. The molecule has 0 aromatic carbocycles. The minimum atomic E-state index is -1.02. The minimum absolute atomic E-state index is 0.0505. The van der Waals surface area contributed by atoms with Gasteiger partial charge in [0.2, 0.25) is 0 Å². The molecule has 106 valence electrons. The van der Waals surface area contributed by atoms with Crippen LogP contribution in [0.2, 0.25) is 0 Å². The molecular formula is C14H10N2O3S2. The Morgan fingerprint density at radius 1 is 1.43 bits per heavy atom. The van der Waals surface area contributed by atoms with Gasteiger partial charge in [0.1, 0.15) is 5.69 Å². The highest BCUT2D eigenvalue weighted by atomic mass is 32.2. The number of aromatic carboxylic acids is 1. The quantitative estimate of drug-likeness (QED) is 0.721. The summed E-state index contributed by atoms with van der Waals surface area (Å²) < 4.78 is 5.31. The van der Waals surface area contributed by atoms with Gasteiger partial charge in [0, 0.05) is 22.2 Å². The number of carbonyl (C=O) groups is 1. The molecule has 0 unspecified atom stereocenters. The summed E-state index contributed by atoms with van der Waals surface area (Å²) in [4.78, 5) is 20.0. The van der Waals surface area contributed by atoms with Crippen molar-refractivity contribution < 1.29 is 14.3 Å². The molecule has 0 amide bonds. The van der Waals surface area contributed by atoms with Gasteiger partial charge in [0.05, 0.1) is 12.0 Å². The summed E-state index contributed by atoms with van der Waals surface area (Å²) in [6, 6.07) is 7.05. The topological polar surface area (TPSA) is 76.2 Å². The summed E-state index contributed by atoms with van der Waals surface area (Å²) >= 11 is 3.05. The Balaban J connectivity index is 1.68. The molecule has 5 nitrogen and oxygen atoms in total. The molecule has 0 saturated heterocycles. The first-order valence-corrected chi connectivity index (χ1v) is 7.89. The molecule has 0 atom stereocenters. The smallest absolute Gasteiger partial charge is 0.354 e. The van der Waals surface area contributed by atoms with Crippen LogP contribution in [0.5, 0.6) is 0 Å². The molecular weight excluding hydrogens is 308 g/mol. The van der Waals surface area contributed by atoms with Crippen LogP contribution in [0.3, 0.4) is 0 Å². The third kappa shape index (κ3) is 3.32. The predicted molar refractivity (Wildman–Crippen MR) is 80.6 cm³/mol. The molecule has 0 fully saturated rings. The Morgan fingerprint density at radius 3 is 3.10 bits per heavy atom. The number of nitrogens with zero attached hydrogens (tertiary/aromatic N) is 2. The van der Waals surface area contributed by atoms with Crippen molar-refractivity contribution >= 4 is 29.1 Å². The van der Waals surface area contributed by atoms with Gasteiger partial charge in [-0.25, -0.2) is 14.8 Å². The standard InChI is InChI=1S/C14H10N2O3S2/c17-14(18)11-6-10(3-4-15-11)20-7-9-8-21-13(16-9)12-2-1-5-19-12/h1-6,8H,7H2,(H,17,18). The average molecular weight is 318 g/mol. The van der Waals surface area contributed by atoms with E-state index < -0.39 is 5.97 Å². The van der Waals surface area contributed by atoms with E-state index in [1.807, 2.05) is 17.5 Å². The lowest BCUT2D eigenvalue weighted by Gasteiger charge is -2.00. The van der Waals surface area contributed by atoms with Crippen molar-refractivity contribution in [1.29, 1.82) is 0 Å². The zero-order valence-electron chi connectivity index (χ0n) is 10.7. The first-order valence-electron chi connectivity index (χ1n) is 6.03. The van der Waals surface area contributed by atoms with Gasteiger partial charge < -0.3 is 9.52 Å². The van der Waals surface area contributed by atoms with Crippen LogP contribution >= 0.6 is 23.1 Å². The Kier molecular flexibility index (Phi) is 4.03. The van der Waals surface area contributed by atoms with Crippen molar-refractivity contribution in [2.24, 2.45) is 0 Å². The summed E-state index contributed by atoms with van der Waals surface area (Å²) in [5, 5.41) is 11.7. The van der Waals surface area contributed by atoms with Crippen LogP contribution in [-0.2, 0) is 5.75 Å². The van der Waals surface area contributed by atoms with Gasteiger partial charge in [-0.2, -0.15) is 0 Å². The van der Waals surface area contributed by atoms with E-state index in [9.17, 15) is 4.79 Å². The molecule has 3 aromatic rings. The van der Waals surface area contributed by atoms with E-state index in [4.69, 9.17) is 9.52 Å². The van der Waals surface area contributed by atoms with Crippen molar-refractivity contribution in [2.75, 3.05) is 0 Å². The van der Waals surface area contributed by atoms with Gasteiger partial charge in [-0.05, 0) is 24.3 Å². The molecule has 3 aromatic heterocycles. The lowest BCUT2D eigenvalue weighted by Crippen LogP contribution is -1.99. The molecule has 0 saturated carbocycles. The molecule has 0 aliphatic rings. The number of aromatic nitrogens is 2. The Bertz CT molecular complexity index is 753. The maximum atomic E-state index is 10.9. The highest BCUT2D eigenvalue weighted by molar-refractivity contribution is 7.98. The molecule has 1 N–H and O–H groups in total. The van der Waals surface area contributed by atoms with Crippen LogP contribution in [0.25, 0.3) is 10.8 Å². The second kappa shape index (κ2) is 6.11. The van der Waals surface area contributed by atoms with Crippen molar-refractivity contribution in [2.45, 2.75) is 10.6 Å². The maximum absolute atomic E-state index is 10.9. The normalized spacial score (nSPS) is 10.7. The third-order valence-corrected chi connectivity index (χ3v) is 4.55. The van der Waals surface area contributed by atoms with E-state index in [0.29, 0.717) is 5.75 Å². The number of thioether (sulfide) groups is 1. The highest BCUT2D eigenvalue weighted by Crippen LogP contribution is 2.28. The Labute approximate surface area is 128 Å². The summed E-state index contributed by atoms with van der Waals surface area (Å²) in [7, 11) is 0. The van der Waals surface area contributed by atoms with Crippen molar-refractivity contribution in [1.82, 2.24) is 9.97 Å². The number of rotatable bonds is 5. The number of pyridine rings is 1. The molecule has 21 heavy (non-hydrogen) atoms. The average Bonchev–Trinajstić information content (AvgIpc) is 3.16. The SMILES string of the molecule is O=C(O)c1cc(SCc2csc(-c3ccco3)n2)ccn1. The molecule has 0 bridgehead atoms. The molecule has 3 heterocycles. The molecule has 0 spiro atoms. The lowest BCUT2D eigenvalue weighted by molar-refractivity contribution is 0.0690. The fourth-order valence-corrected chi connectivity index (χ4v) is 3.37. The van der Waals surface area contributed by atoms with Crippen LogP contribution in [0.15, 0.2) is 51.4 Å². The lowest BCUT2D eigenvalue weighted by atomic mass is 10.3. The van der Waals surface area contributed by atoms with E-state index in [1.54, 1.807) is 18.4 Å². The van der Waals surface area contributed by atoms with Crippen molar-refractivity contribution in [3.63, 3.8) is 0 Å². The third-order valence-electron chi connectivity index (χ3n) is 2.62. The van der Waals surface area contributed by atoms with Gasteiger partial charge >= 0.3 is 5.97 Å². The molecule has 0 radical (unpaired) electrons.